The first-order valence-corrected chi connectivity index (χ1v) is 12.2. The molecule has 4 aliphatic carbocycles. The number of benzene rings is 1. The van der Waals surface area contributed by atoms with E-state index >= 15 is 0 Å². The van der Waals surface area contributed by atoms with Gasteiger partial charge in [0.15, 0.2) is 0 Å². The maximum Gasteiger partial charge on any atom is 0.221 e. The van der Waals surface area contributed by atoms with E-state index in [4.69, 9.17) is 4.74 Å². The summed E-state index contributed by atoms with van der Waals surface area (Å²) in [6.45, 7) is 6.31. The van der Waals surface area contributed by atoms with Crippen molar-refractivity contribution in [2.24, 2.45) is 28.6 Å². The molecule has 5 rings (SSSR count). The second-order valence-corrected chi connectivity index (χ2v) is 10.9. The van der Waals surface area contributed by atoms with Gasteiger partial charge in [-0.05, 0) is 73.8 Å². The molecule has 0 bridgehead atoms. The van der Waals surface area contributed by atoms with Crippen LogP contribution in [0.5, 0.6) is 5.75 Å². The van der Waals surface area contributed by atoms with Crippen LogP contribution < -0.4 is 10.1 Å². The lowest BCUT2D eigenvalue weighted by molar-refractivity contribution is -0.118. The van der Waals surface area contributed by atoms with Gasteiger partial charge in [0, 0.05) is 30.0 Å². The minimum atomic E-state index is -0.0988. The molecule has 4 heteroatoms. The summed E-state index contributed by atoms with van der Waals surface area (Å²) >= 11 is 0. The Morgan fingerprint density at radius 2 is 1.81 bits per heavy atom. The number of para-hydroxylation sites is 1. The highest BCUT2D eigenvalue weighted by molar-refractivity contribution is 5.81. The summed E-state index contributed by atoms with van der Waals surface area (Å²) in [5.74, 6) is 2.53. The van der Waals surface area contributed by atoms with Crippen molar-refractivity contribution in [3.8, 4) is 5.75 Å². The largest absolute Gasteiger partial charge is 0.490 e. The predicted molar refractivity (Wildman–Crippen MR) is 125 cm³/mol. The predicted octanol–water partition coefficient (Wildman–Crippen LogP) is 5.60. The van der Waals surface area contributed by atoms with E-state index in [9.17, 15) is 9.59 Å². The number of rotatable bonds is 4. The SMILES string of the molecule is CC(=O)NC1=C(C=O)C[C@H]2[C@@H]3CC=C4C[C@@H](Oc5ccccc5)CC[C@]4(C)[C@H]3CC[C@]12C. The van der Waals surface area contributed by atoms with Gasteiger partial charge < -0.3 is 10.1 Å². The molecule has 1 N–H and O–H groups in total. The number of hydrogen-bond donors (Lipinski definition) is 1. The van der Waals surface area contributed by atoms with Gasteiger partial charge in [0.25, 0.3) is 0 Å². The van der Waals surface area contributed by atoms with E-state index in [1.165, 1.54) is 0 Å². The van der Waals surface area contributed by atoms with Gasteiger partial charge in [0.05, 0.1) is 0 Å². The standard InChI is InChI=1S/C28H35NO3/c1-18(31)29-26-19(17-30)15-25-23-10-9-20-16-22(32-21-7-5-4-6-8-21)11-13-27(20,2)24(23)12-14-28(25,26)3/h4-9,17,22-25H,10-16H2,1-3H3,(H,29,31)/t22-,23+,24-,25-,27-,28-/m0/s1. The molecule has 32 heavy (non-hydrogen) atoms. The quantitative estimate of drug-likeness (QED) is 0.497. The summed E-state index contributed by atoms with van der Waals surface area (Å²) in [6, 6.07) is 10.2. The van der Waals surface area contributed by atoms with Gasteiger partial charge in [-0.25, -0.2) is 0 Å². The van der Waals surface area contributed by atoms with Crippen molar-refractivity contribution in [2.75, 3.05) is 0 Å². The molecule has 0 radical (unpaired) electrons. The number of allylic oxidation sites excluding steroid dienone is 3. The highest BCUT2D eigenvalue weighted by atomic mass is 16.5. The summed E-state index contributed by atoms with van der Waals surface area (Å²) in [5, 5.41) is 3.05. The van der Waals surface area contributed by atoms with Gasteiger partial charge in [0.1, 0.15) is 18.1 Å². The number of amides is 1. The summed E-state index contributed by atoms with van der Waals surface area (Å²) in [4.78, 5) is 23.8. The van der Waals surface area contributed by atoms with Crippen LogP contribution in [0.1, 0.15) is 65.7 Å². The van der Waals surface area contributed by atoms with Crippen LogP contribution >= 0.6 is 0 Å². The average Bonchev–Trinajstić information content (AvgIpc) is 3.06. The van der Waals surface area contributed by atoms with Crippen molar-refractivity contribution in [1.29, 1.82) is 0 Å². The molecule has 1 aromatic carbocycles. The Hall–Kier alpha value is -2.36. The minimum Gasteiger partial charge on any atom is -0.490 e. The molecule has 0 aromatic heterocycles. The van der Waals surface area contributed by atoms with Crippen molar-refractivity contribution in [3.05, 3.63) is 53.3 Å². The monoisotopic (exact) mass is 433 g/mol. The second kappa shape index (κ2) is 7.90. The Labute approximate surface area is 191 Å². The third-order valence-corrected chi connectivity index (χ3v) is 9.27. The Morgan fingerprint density at radius 3 is 2.53 bits per heavy atom. The Balaban J connectivity index is 1.38. The van der Waals surface area contributed by atoms with Crippen LogP contribution in [0.25, 0.3) is 0 Å². The van der Waals surface area contributed by atoms with Crippen LogP contribution in [0.2, 0.25) is 0 Å². The third kappa shape index (κ3) is 3.34. The van der Waals surface area contributed by atoms with E-state index in [0.29, 0.717) is 17.8 Å². The van der Waals surface area contributed by atoms with Crippen LogP contribution in [0, 0.1) is 28.6 Å². The molecule has 0 heterocycles. The van der Waals surface area contributed by atoms with Gasteiger partial charge >= 0.3 is 0 Å². The van der Waals surface area contributed by atoms with Gasteiger partial charge in [0.2, 0.25) is 5.91 Å². The smallest absolute Gasteiger partial charge is 0.221 e. The average molecular weight is 434 g/mol. The number of aldehydes is 1. The van der Waals surface area contributed by atoms with E-state index in [-0.39, 0.29) is 22.8 Å². The minimum absolute atomic E-state index is 0.0714. The van der Waals surface area contributed by atoms with Crippen LogP contribution in [-0.2, 0) is 9.59 Å². The summed E-state index contributed by atoms with van der Waals surface area (Å²) in [7, 11) is 0. The Kier molecular flexibility index (Phi) is 5.30. The molecule has 4 nitrogen and oxygen atoms in total. The van der Waals surface area contributed by atoms with E-state index < -0.39 is 0 Å². The van der Waals surface area contributed by atoms with Crippen molar-refractivity contribution >= 4 is 12.2 Å². The fourth-order valence-corrected chi connectivity index (χ4v) is 7.64. The van der Waals surface area contributed by atoms with Gasteiger partial charge in [-0.2, -0.15) is 0 Å². The lowest BCUT2D eigenvalue weighted by Crippen LogP contribution is -2.51. The maximum atomic E-state index is 11.9. The molecular weight excluding hydrogens is 398 g/mol. The molecule has 6 atom stereocenters. The lowest BCUT2D eigenvalue weighted by Gasteiger charge is -2.57. The topological polar surface area (TPSA) is 55.4 Å². The zero-order valence-corrected chi connectivity index (χ0v) is 19.5. The molecule has 0 spiro atoms. The van der Waals surface area contributed by atoms with E-state index in [1.54, 1.807) is 12.5 Å². The zero-order valence-electron chi connectivity index (χ0n) is 19.5. The van der Waals surface area contributed by atoms with Crippen LogP contribution in [-0.4, -0.2) is 18.3 Å². The van der Waals surface area contributed by atoms with Crippen LogP contribution in [0.15, 0.2) is 53.3 Å². The zero-order chi connectivity index (χ0) is 22.5. The van der Waals surface area contributed by atoms with E-state index in [0.717, 1.165) is 68.3 Å². The highest BCUT2D eigenvalue weighted by Crippen LogP contribution is 2.65. The molecule has 2 fully saturated rings. The van der Waals surface area contributed by atoms with Crippen molar-refractivity contribution in [2.45, 2.75) is 71.8 Å². The number of fused-ring (bicyclic) bond motifs is 5. The number of ether oxygens (including phenoxy) is 1. The van der Waals surface area contributed by atoms with Gasteiger partial charge in [-0.15, -0.1) is 0 Å². The number of carbonyl (C=O) groups excluding carboxylic acids is 2. The molecule has 170 valence electrons. The number of carbonyl (C=O) groups is 2. The third-order valence-electron chi connectivity index (χ3n) is 9.27. The summed E-state index contributed by atoms with van der Waals surface area (Å²) in [6.07, 6.45) is 11.1. The van der Waals surface area contributed by atoms with E-state index in [2.05, 4.69) is 25.2 Å². The first-order chi connectivity index (χ1) is 15.3. The first-order valence-electron chi connectivity index (χ1n) is 12.2. The molecular formula is C28H35NO3. The summed E-state index contributed by atoms with van der Waals surface area (Å²) < 4.78 is 6.32. The van der Waals surface area contributed by atoms with Crippen LogP contribution in [0.4, 0.5) is 0 Å². The highest BCUT2D eigenvalue weighted by Gasteiger charge is 2.58. The van der Waals surface area contributed by atoms with Crippen molar-refractivity contribution in [1.82, 2.24) is 5.32 Å². The second-order valence-electron chi connectivity index (χ2n) is 10.9. The molecule has 1 amide bonds. The first kappa shape index (κ1) is 21.5. The number of nitrogens with one attached hydrogen (secondary N) is 1. The fourth-order valence-electron chi connectivity index (χ4n) is 7.64. The van der Waals surface area contributed by atoms with Crippen LogP contribution in [0.3, 0.4) is 0 Å². The van der Waals surface area contributed by atoms with Gasteiger partial charge in [-0.3, -0.25) is 9.59 Å². The molecule has 0 aliphatic heterocycles. The Bertz CT molecular complexity index is 980. The molecule has 2 saturated carbocycles. The summed E-state index contributed by atoms with van der Waals surface area (Å²) in [5.41, 5.74) is 3.42. The van der Waals surface area contributed by atoms with Crippen molar-refractivity contribution < 1.29 is 14.3 Å². The lowest BCUT2D eigenvalue weighted by atomic mass is 9.47. The molecule has 0 unspecified atom stereocenters. The van der Waals surface area contributed by atoms with E-state index in [1.807, 2.05) is 30.3 Å². The molecule has 4 aliphatic rings. The maximum absolute atomic E-state index is 11.9. The van der Waals surface area contributed by atoms with Crippen molar-refractivity contribution in [3.63, 3.8) is 0 Å². The normalized spacial score (nSPS) is 38.2. The Morgan fingerprint density at radius 1 is 1.06 bits per heavy atom. The molecule has 0 saturated heterocycles. The number of hydrogen-bond acceptors (Lipinski definition) is 3. The van der Waals surface area contributed by atoms with Gasteiger partial charge in [-0.1, -0.05) is 43.7 Å². The fraction of sp³-hybridized carbons (Fsp3) is 0.571. The molecule has 1 aromatic rings.